The summed E-state index contributed by atoms with van der Waals surface area (Å²) in [5.74, 6) is 0.850. The molecule has 1 amide bonds. The first-order valence-corrected chi connectivity index (χ1v) is 7.11. The van der Waals surface area contributed by atoms with Crippen LogP contribution in [0.25, 0.3) is 0 Å². The summed E-state index contributed by atoms with van der Waals surface area (Å²) in [7, 11) is 0. The molecule has 2 rings (SSSR count). The second kappa shape index (κ2) is 5.78. The number of halogens is 1. The van der Waals surface area contributed by atoms with E-state index in [2.05, 4.69) is 5.32 Å². The summed E-state index contributed by atoms with van der Waals surface area (Å²) in [5.41, 5.74) is 0. The van der Waals surface area contributed by atoms with Crippen LogP contribution in [-0.2, 0) is 4.79 Å². The van der Waals surface area contributed by atoms with Crippen molar-refractivity contribution in [2.45, 2.75) is 29.9 Å². The van der Waals surface area contributed by atoms with Crippen LogP contribution in [0.5, 0.6) is 0 Å². The number of carbonyl (C=O) groups is 1. The van der Waals surface area contributed by atoms with E-state index >= 15 is 0 Å². The van der Waals surface area contributed by atoms with E-state index in [4.69, 9.17) is 11.6 Å². The Bertz CT molecular complexity index is 389. The molecule has 1 fully saturated rings. The number of hydrogen-bond acceptors (Lipinski definition) is 2. The molecular formula is C13H16ClNOS. The van der Waals surface area contributed by atoms with Crippen molar-refractivity contribution in [3.05, 3.63) is 29.3 Å². The van der Waals surface area contributed by atoms with Gasteiger partial charge in [-0.2, -0.15) is 0 Å². The summed E-state index contributed by atoms with van der Waals surface area (Å²) in [4.78, 5) is 12.9. The maximum absolute atomic E-state index is 11.8. The van der Waals surface area contributed by atoms with Gasteiger partial charge in [-0.05, 0) is 49.9 Å². The molecule has 17 heavy (non-hydrogen) atoms. The highest BCUT2D eigenvalue weighted by Crippen LogP contribution is 2.28. The summed E-state index contributed by atoms with van der Waals surface area (Å²) in [6.45, 7) is 2.77. The largest absolute Gasteiger partial charge is 0.355 e. The molecule has 1 atom stereocenters. The highest BCUT2D eigenvalue weighted by molar-refractivity contribution is 8.00. The molecule has 0 aromatic heterocycles. The lowest BCUT2D eigenvalue weighted by Gasteiger charge is -2.11. The number of hydrogen-bond donors (Lipinski definition) is 1. The van der Waals surface area contributed by atoms with Gasteiger partial charge in [0.2, 0.25) is 5.91 Å². The zero-order valence-corrected chi connectivity index (χ0v) is 11.4. The number of benzene rings is 1. The molecule has 0 radical (unpaired) electrons. The van der Waals surface area contributed by atoms with E-state index in [9.17, 15) is 4.79 Å². The standard InChI is InChI=1S/C13H16ClNOS/c1-9(13(16)15-8-10-2-3-10)17-12-6-4-11(14)5-7-12/h4-7,9-10H,2-3,8H2,1H3,(H,15,16). The van der Waals surface area contributed by atoms with Gasteiger partial charge in [0.15, 0.2) is 0 Å². The van der Waals surface area contributed by atoms with Crippen molar-refractivity contribution in [1.82, 2.24) is 5.32 Å². The van der Waals surface area contributed by atoms with Crippen LogP contribution in [0.4, 0.5) is 0 Å². The summed E-state index contributed by atoms with van der Waals surface area (Å²) in [6, 6.07) is 7.58. The molecule has 2 nitrogen and oxygen atoms in total. The van der Waals surface area contributed by atoms with E-state index < -0.39 is 0 Å². The fourth-order valence-corrected chi connectivity index (χ4v) is 2.50. The lowest BCUT2D eigenvalue weighted by Crippen LogP contribution is -2.32. The van der Waals surface area contributed by atoms with Crippen molar-refractivity contribution < 1.29 is 4.79 Å². The van der Waals surface area contributed by atoms with Gasteiger partial charge in [-0.1, -0.05) is 11.6 Å². The van der Waals surface area contributed by atoms with Gasteiger partial charge in [0.25, 0.3) is 0 Å². The third kappa shape index (κ3) is 4.25. The lowest BCUT2D eigenvalue weighted by molar-refractivity contribution is -0.120. The molecule has 0 aliphatic heterocycles. The SMILES string of the molecule is CC(Sc1ccc(Cl)cc1)C(=O)NCC1CC1. The highest BCUT2D eigenvalue weighted by atomic mass is 35.5. The van der Waals surface area contributed by atoms with Gasteiger partial charge in [-0.25, -0.2) is 0 Å². The van der Waals surface area contributed by atoms with E-state index in [-0.39, 0.29) is 11.2 Å². The van der Waals surface area contributed by atoms with E-state index in [0.717, 1.165) is 22.4 Å². The molecular weight excluding hydrogens is 254 g/mol. The second-order valence-corrected chi connectivity index (χ2v) is 6.25. The number of rotatable bonds is 5. The third-order valence-corrected chi connectivity index (χ3v) is 4.12. The number of carbonyl (C=O) groups excluding carboxylic acids is 1. The maximum Gasteiger partial charge on any atom is 0.233 e. The van der Waals surface area contributed by atoms with Crippen molar-refractivity contribution in [2.24, 2.45) is 5.92 Å². The molecule has 1 aliphatic rings. The van der Waals surface area contributed by atoms with Crippen LogP contribution in [0.15, 0.2) is 29.2 Å². The molecule has 1 N–H and O–H groups in total. The van der Waals surface area contributed by atoms with Crippen LogP contribution >= 0.6 is 23.4 Å². The maximum atomic E-state index is 11.8. The van der Waals surface area contributed by atoms with Crippen molar-refractivity contribution in [1.29, 1.82) is 0 Å². The molecule has 1 aliphatic carbocycles. The predicted molar refractivity (Wildman–Crippen MR) is 72.5 cm³/mol. The molecule has 0 bridgehead atoms. The summed E-state index contributed by atoms with van der Waals surface area (Å²) in [6.07, 6.45) is 2.53. The number of amides is 1. The molecule has 1 aromatic carbocycles. The Morgan fingerprint density at radius 3 is 2.71 bits per heavy atom. The summed E-state index contributed by atoms with van der Waals surface area (Å²) < 4.78 is 0. The number of nitrogens with one attached hydrogen (secondary N) is 1. The topological polar surface area (TPSA) is 29.1 Å². The van der Waals surface area contributed by atoms with Gasteiger partial charge in [-0.15, -0.1) is 11.8 Å². The minimum atomic E-state index is -0.0603. The fraction of sp³-hybridized carbons (Fsp3) is 0.462. The quantitative estimate of drug-likeness (QED) is 0.831. The average molecular weight is 270 g/mol. The van der Waals surface area contributed by atoms with Gasteiger partial charge in [0, 0.05) is 16.5 Å². The molecule has 4 heteroatoms. The van der Waals surface area contributed by atoms with Gasteiger partial charge in [-0.3, -0.25) is 4.79 Å². The molecule has 1 saturated carbocycles. The van der Waals surface area contributed by atoms with E-state index in [1.165, 1.54) is 12.8 Å². The monoisotopic (exact) mass is 269 g/mol. The normalized spacial score (nSPS) is 16.6. The van der Waals surface area contributed by atoms with Crippen molar-refractivity contribution in [3.8, 4) is 0 Å². The molecule has 0 spiro atoms. The smallest absolute Gasteiger partial charge is 0.233 e. The first kappa shape index (κ1) is 12.8. The minimum absolute atomic E-state index is 0.0603. The van der Waals surface area contributed by atoms with Gasteiger partial charge >= 0.3 is 0 Å². The minimum Gasteiger partial charge on any atom is -0.355 e. The van der Waals surface area contributed by atoms with Crippen LogP contribution in [0.2, 0.25) is 5.02 Å². The molecule has 1 unspecified atom stereocenters. The van der Waals surface area contributed by atoms with Crippen molar-refractivity contribution in [2.75, 3.05) is 6.54 Å². The Balaban J connectivity index is 1.80. The van der Waals surface area contributed by atoms with E-state index in [0.29, 0.717) is 0 Å². The highest BCUT2D eigenvalue weighted by Gasteiger charge is 2.23. The second-order valence-electron chi connectivity index (χ2n) is 4.40. The Labute approximate surface area is 111 Å². The molecule has 0 heterocycles. The van der Waals surface area contributed by atoms with Crippen molar-refractivity contribution >= 4 is 29.3 Å². The van der Waals surface area contributed by atoms with E-state index in [1.54, 1.807) is 11.8 Å². The Morgan fingerprint density at radius 1 is 1.47 bits per heavy atom. The Kier molecular flexibility index (Phi) is 4.35. The lowest BCUT2D eigenvalue weighted by atomic mass is 10.4. The summed E-state index contributed by atoms with van der Waals surface area (Å²) >= 11 is 7.38. The molecule has 0 saturated heterocycles. The van der Waals surface area contributed by atoms with Crippen LogP contribution in [0.3, 0.4) is 0 Å². The van der Waals surface area contributed by atoms with Crippen LogP contribution in [0.1, 0.15) is 19.8 Å². The zero-order chi connectivity index (χ0) is 12.3. The first-order valence-electron chi connectivity index (χ1n) is 5.85. The van der Waals surface area contributed by atoms with Crippen LogP contribution in [0, 0.1) is 5.92 Å². The van der Waals surface area contributed by atoms with E-state index in [1.807, 2.05) is 31.2 Å². The van der Waals surface area contributed by atoms with Crippen LogP contribution in [-0.4, -0.2) is 17.7 Å². The zero-order valence-electron chi connectivity index (χ0n) is 9.78. The molecule has 92 valence electrons. The third-order valence-electron chi connectivity index (χ3n) is 2.76. The number of thioether (sulfide) groups is 1. The molecule has 1 aromatic rings. The van der Waals surface area contributed by atoms with Gasteiger partial charge < -0.3 is 5.32 Å². The van der Waals surface area contributed by atoms with Gasteiger partial charge in [0.1, 0.15) is 0 Å². The fourth-order valence-electron chi connectivity index (χ4n) is 1.48. The summed E-state index contributed by atoms with van der Waals surface area (Å²) in [5, 5.41) is 3.65. The Morgan fingerprint density at radius 2 is 2.12 bits per heavy atom. The first-order chi connectivity index (χ1) is 8.15. The van der Waals surface area contributed by atoms with Crippen molar-refractivity contribution in [3.63, 3.8) is 0 Å². The Hall–Kier alpha value is -0.670. The van der Waals surface area contributed by atoms with Gasteiger partial charge in [0.05, 0.1) is 5.25 Å². The average Bonchev–Trinajstić information content (AvgIpc) is 3.13. The predicted octanol–water partition coefficient (Wildman–Crippen LogP) is 3.35. The van der Waals surface area contributed by atoms with Crippen LogP contribution < -0.4 is 5.32 Å².